The van der Waals surface area contributed by atoms with Crippen molar-refractivity contribution in [2.45, 2.75) is 20.0 Å². The van der Waals surface area contributed by atoms with Crippen molar-refractivity contribution in [3.63, 3.8) is 0 Å². The predicted octanol–water partition coefficient (Wildman–Crippen LogP) is 2.71. The molecule has 2 rings (SSSR count). The van der Waals surface area contributed by atoms with Crippen molar-refractivity contribution in [2.24, 2.45) is 7.05 Å². The molecule has 0 aliphatic rings. The summed E-state index contributed by atoms with van der Waals surface area (Å²) in [5, 5.41) is 8.86. The third-order valence-corrected chi connectivity index (χ3v) is 2.93. The van der Waals surface area contributed by atoms with E-state index >= 15 is 0 Å². The lowest BCUT2D eigenvalue weighted by atomic mass is 10.1. The van der Waals surface area contributed by atoms with Gasteiger partial charge >= 0.3 is 0 Å². The SMILES string of the molecule is CC(C)Oc1cccc(-c2ccc(C#N)c(=O)n2C)c1. The van der Waals surface area contributed by atoms with Gasteiger partial charge in [0.05, 0.1) is 11.8 Å². The van der Waals surface area contributed by atoms with Gasteiger partial charge in [-0.25, -0.2) is 0 Å². The van der Waals surface area contributed by atoms with Gasteiger partial charge in [-0.3, -0.25) is 4.79 Å². The van der Waals surface area contributed by atoms with Crippen molar-refractivity contribution in [3.8, 4) is 23.1 Å². The summed E-state index contributed by atoms with van der Waals surface area (Å²) < 4.78 is 7.13. The van der Waals surface area contributed by atoms with Crippen LogP contribution < -0.4 is 10.3 Å². The number of aromatic nitrogens is 1. The Morgan fingerprint density at radius 2 is 2.00 bits per heavy atom. The minimum Gasteiger partial charge on any atom is -0.491 e. The van der Waals surface area contributed by atoms with Gasteiger partial charge in [-0.1, -0.05) is 12.1 Å². The number of ether oxygens (including phenoxy) is 1. The molecule has 4 nitrogen and oxygen atoms in total. The van der Waals surface area contributed by atoms with Gasteiger partial charge in [0, 0.05) is 12.6 Å². The first-order valence-electron chi connectivity index (χ1n) is 6.40. The fourth-order valence-corrected chi connectivity index (χ4v) is 2.01. The molecule has 102 valence electrons. The number of nitriles is 1. The average molecular weight is 268 g/mol. The molecule has 2 aromatic rings. The molecule has 0 amide bonds. The van der Waals surface area contributed by atoms with E-state index in [2.05, 4.69) is 0 Å². The van der Waals surface area contributed by atoms with E-state index in [1.54, 1.807) is 19.2 Å². The van der Waals surface area contributed by atoms with Crippen LogP contribution in [0.3, 0.4) is 0 Å². The van der Waals surface area contributed by atoms with Crippen molar-refractivity contribution in [3.05, 3.63) is 52.3 Å². The minimum absolute atomic E-state index is 0.0926. The van der Waals surface area contributed by atoms with Crippen molar-refractivity contribution >= 4 is 0 Å². The smallest absolute Gasteiger partial charge is 0.268 e. The Kier molecular flexibility index (Phi) is 3.90. The van der Waals surface area contributed by atoms with Crippen molar-refractivity contribution in [1.82, 2.24) is 4.57 Å². The lowest BCUT2D eigenvalue weighted by Gasteiger charge is -2.12. The van der Waals surface area contributed by atoms with Gasteiger partial charge in [0.15, 0.2) is 0 Å². The highest BCUT2D eigenvalue weighted by molar-refractivity contribution is 5.62. The largest absolute Gasteiger partial charge is 0.491 e. The van der Waals surface area contributed by atoms with Crippen LogP contribution in [0.1, 0.15) is 19.4 Å². The summed E-state index contributed by atoms with van der Waals surface area (Å²) in [5.74, 6) is 0.759. The third kappa shape index (κ3) is 2.72. The molecule has 0 saturated heterocycles. The molecule has 0 bridgehead atoms. The van der Waals surface area contributed by atoms with Crippen LogP contribution in [0.2, 0.25) is 0 Å². The molecule has 1 heterocycles. The maximum Gasteiger partial charge on any atom is 0.268 e. The Bertz CT molecular complexity index is 724. The molecule has 1 aromatic carbocycles. The van der Waals surface area contributed by atoms with Crippen molar-refractivity contribution in [2.75, 3.05) is 0 Å². The van der Waals surface area contributed by atoms with Crippen LogP contribution in [-0.4, -0.2) is 10.7 Å². The Morgan fingerprint density at radius 1 is 1.25 bits per heavy atom. The van der Waals surface area contributed by atoms with Gasteiger partial charge in [0.1, 0.15) is 17.4 Å². The zero-order valence-corrected chi connectivity index (χ0v) is 11.8. The molecular formula is C16H16N2O2. The van der Waals surface area contributed by atoms with Gasteiger partial charge in [-0.05, 0) is 38.1 Å². The topological polar surface area (TPSA) is 55.0 Å². The molecule has 0 atom stereocenters. The normalized spacial score (nSPS) is 10.3. The fraction of sp³-hybridized carbons (Fsp3) is 0.250. The second-order valence-electron chi connectivity index (χ2n) is 4.80. The predicted molar refractivity (Wildman–Crippen MR) is 77.6 cm³/mol. The molecule has 0 unspecified atom stereocenters. The number of hydrogen-bond acceptors (Lipinski definition) is 3. The van der Waals surface area contributed by atoms with E-state index in [1.807, 2.05) is 44.2 Å². The minimum atomic E-state index is -0.291. The van der Waals surface area contributed by atoms with Crippen LogP contribution in [0.15, 0.2) is 41.2 Å². The van der Waals surface area contributed by atoms with Crippen molar-refractivity contribution in [1.29, 1.82) is 5.26 Å². The summed E-state index contributed by atoms with van der Waals surface area (Å²) in [6, 6.07) is 12.8. The molecule has 0 fully saturated rings. The number of rotatable bonds is 3. The van der Waals surface area contributed by atoms with Crippen LogP contribution in [0.4, 0.5) is 0 Å². The van der Waals surface area contributed by atoms with E-state index in [1.165, 1.54) is 4.57 Å². The number of benzene rings is 1. The van der Waals surface area contributed by atoms with E-state index in [0.717, 1.165) is 17.0 Å². The molecule has 0 radical (unpaired) electrons. The molecule has 0 N–H and O–H groups in total. The van der Waals surface area contributed by atoms with Gasteiger partial charge in [0.2, 0.25) is 0 Å². The number of hydrogen-bond donors (Lipinski definition) is 0. The summed E-state index contributed by atoms with van der Waals surface area (Å²) in [6.07, 6.45) is 0.0926. The summed E-state index contributed by atoms with van der Waals surface area (Å²) in [6.45, 7) is 3.92. The quantitative estimate of drug-likeness (QED) is 0.860. The highest BCUT2D eigenvalue weighted by atomic mass is 16.5. The highest BCUT2D eigenvalue weighted by Crippen LogP contribution is 2.23. The fourth-order valence-electron chi connectivity index (χ4n) is 2.01. The lowest BCUT2D eigenvalue weighted by Crippen LogP contribution is -2.20. The third-order valence-electron chi connectivity index (χ3n) is 2.93. The second kappa shape index (κ2) is 5.62. The van der Waals surface area contributed by atoms with Crippen molar-refractivity contribution < 1.29 is 4.74 Å². The van der Waals surface area contributed by atoms with Gasteiger partial charge in [0.25, 0.3) is 5.56 Å². The molecule has 0 saturated carbocycles. The van der Waals surface area contributed by atoms with E-state index < -0.39 is 0 Å². The van der Waals surface area contributed by atoms with E-state index in [0.29, 0.717) is 0 Å². The average Bonchev–Trinajstić information content (AvgIpc) is 2.41. The van der Waals surface area contributed by atoms with Gasteiger partial charge < -0.3 is 9.30 Å². The Morgan fingerprint density at radius 3 is 2.65 bits per heavy atom. The van der Waals surface area contributed by atoms with Gasteiger partial charge in [-0.2, -0.15) is 5.26 Å². The van der Waals surface area contributed by atoms with Crippen LogP contribution in [-0.2, 0) is 7.05 Å². The summed E-state index contributed by atoms with van der Waals surface area (Å²) in [5.41, 5.74) is 1.49. The molecule has 4 heteroatoms. The van der Waals surface area contributed by atoms with Crippen LogP contribution in [0, 0.1) is 11.3 Å². The lowest BCUT2D eigenvalue weighted by molar-refractivity contribution is 0.242. The molecule has 0 aliphatic heterocycles. The molecule has 1 aromatic heterocycles. The van der Waals surface area contributed by atoms with Crippen LogP contribution in [0.5, 0.6) is 5.75 Å². The Balaban J connectivity index is 2.50. The van der Waals surface area contributed by atoms with Crippen LogP contribution in [0.25, 0.3) is 11.3 Å². The summed E-state index contributed by atoms with van der Waals surface area (Å²) >= 11 is 0. The number of nitrogens with zero attached hydrogens (tertiary/aromatic N) is 2. The second-order valence-corrected chi connectivity index (χ2v) is 4.80. The maximum absolute atomic E-state index is 12.0. The molecular weight excluding hydrogens is 252 g/mol. The summed E-state index contributed by atoms with van der Waals surface area (Å²) in [7, 11) is 1.66. The number of pyridine rings is 1. The molecule has 20 heavy (non-hydrogen) atoms. The molecule has 0 spiro atoms. The standard InChI is InChI=1S/C16H16N2O2/c1-11(2)20-14-6-4-5-12(9-14)15-8-7-13(10-17)16(19)18(15)3/h4-9,11H,1-3H3. The highest BCUT2D eigenvalue weighted by Gasteiger charge is 2.08. The maximum atomic E-state index is 12.0. The van der Waals surface area contributed by atoms with E-state index in [9.17, 15) is 4.79 Å². The zero-order valence-electron chi connectivity index (χ0n) is 11.8. The Hall–Kier alpha value is -2.54. The first kappa shape index (κ1) is 13.9. The van der Waals surface area contributed by atoms with E-state index in [-0.39, 0.29) is 17.2 Å². The Labute approximate surface area is 117 Å². The van der Waals surface area contributed by atoms with Gasteiger partial charge in [-0.15, -0.1) is 0 Å². The summed E-state index contributed by atoms with van der Waals surface area (Å²) in [4.78, 5) is 12.0. The van der Waals surface area contributed by atoms with E-state index in [4.69, 9.17) is 10.00 Å². The monoisotopic (exact) mass is 268 g/mol. The van der Waals surface area contributed by atoms with Crippen LogP contribution >= 0.6 is 0 Å². The molecule has 0 aliphatic carbocycles. The first-order valence-corrected chi connectivity index (χ1v) is 6.40. The first-order chi connectivity index (χ1) is 9.52. The zero-order chi connectivity index (χ0) is 14.7.